The van der Waals surface area contributed by atoms with Crippen molar-refractivity contribution in [3.05, 3.63) is 0 Å². The van der Waals surface area contributed by atoms with Crippen molar-refractivity contribution in [1.82, 2.24) is 20.9 Å². The van der Waals surface area contributed by atoms with Gasteiger partial charge in [-0.25, -0.2) is 0 Å². The largest absolute Gasteiger partial charge is 0.325 e. The van der Waals surface area contributed by atoms with Crippen LogP contribution < -0.4 is 16.0 Å². The minimum atomic E-state index is -0.105. The van der Waals surface area contributed by atoms with Crippen LogP contribution in [0, 0.1) is 5.92 Å². The van der Waals surface area contributed by atoms with Crippen molar-refractivity contribution >= 4 is 5.91 Å². The summed E-state index contributed by atoms with van der Waals surface area (Å²) in [6.45, 7) is 8.37. The summed E-state index contributed by atoms with van der Waals surface area (Å²) in [6.07, 6.45) is 0.136. The van der Waals surface area contributed by atoms with Crippen LogP contribution in [0.3, 0.4) is 0 Å². The lowest BCUT2D eigenvalue weighted by molar-refractivity contribution is -0.147. The Labute approximate surface area is 90.6 Å². The summed E-state index contributed by atoms with van der Waals surface area (Å²) in [4.78, 5) is 14.1. The molecule has 0 aliphatic carbocycles. The van der Waals surface area contributed by atoms with Gasteiger partial charge in [0.05, 0.1) is 18.8 Å². The first kappa shape index (κ1) is 10.9. The topological polar surface area (TPSA) is 56.4 Å². The van der Waals surface area contributed by atoms with Crippen molar-refractivity contribution in [2.24, 2.45) is 5.92 Å². The predicted octanol–water partition coefficient (Wildman–Crippen LogP) is -0.733. The fourth-order valence-electron chi connectivity index (χ4n) is 2.15. The van der Waals surface area contributed by atoms with E-state index in [1.54, 1.807) is 0 Å². The Hall–Kier alpha value is -0.650. The van der Waals surface area contributed by atoms with E-state index >= 15 is 0 Å². The smallest absolute Gasteiger partial charge is 0.231 e. The number of hydrogen-bond donors (Lipinski definition) is 3. The van der Waals surface area contributed by atoms with Crippen LogP contribution in [-0.2, 0) is 4.79 Å². The van der Waals surface area contributed by atoms with Crippen LogP contribution in [0.1, 0.15) is 20.8 Å². The summed E-state index contributed by atoms with van der Waals surface area (Å²) in [6, 6.07) is 0. The van der Waals surface area contributed by atoms with Crippen LogP contribution in [-0.4, -0.2) is 42.4 Å². The molecule has 15 heavy (non-hydrogen) atoms. The molecule has 2 rings (SSSR count). The Morgan fingerprint density at radius 2 is 2.07 bits per heavy atom. The number of carbonyl (C=O) groups excluding carboxylic acids is 1. The van der Waals surface area contributed by atoms with Crippen LogP contribution >= 0.6 is 0 Å². The zero-order chi connectivity index (χ0) is 11.1. The summed E-state index contributed by atoms with van der Waals surface area (Å²) >= 11 is 0. The molecule has 2 saturated heterocycles. The Kier molecular flexibility index (Phi) is 2.70. The third kappa shape index (κ3) is 2.00. The van der Waals surface area contributed by atoms with E-state index in [1.165, 1.54) is 0 Å². The molecular formula is C10H20N4O. The zero-order valence-electron chi connectivity index (χ0n) is 9.63. The van der Waals surface area contributed by atoms with E-state index < -0.39 is 0 Å². The summed E-state index contributed by atoms with van der Waals surface area (Å²) in [7, 11) is 0. The van der Waals surface area contributed by atoms with Crippen molar-refractivity contribution in [1.29, 1.82) is 0 Å². The lowest BCUT2D eigenvalue weighted by Crippen LogP contribution is -2.70. The molecule has 0 aromatic rings. The van der Waals surface area contributed by atoms with Gasteiger partial charge < -0.3 is 10.2 Å². The van der Waals surface area contributed by atoms with E-state index in [1.807, 2.05) is 4.90 Å². The van der Waals surface area contributed by atoms with E-state index in [2.05, 4.69) is 36.7 Å². The second kappa shape index (κ2) is 3.73. The van der Waals surface area contributed by atoms with Gasteiger partial charge in [-0.1, -0.05) is 0 Å². The van der Waals surface area contributed by atoms with E-state index in [9.17, 15) is 4.79 Å². The normalized spacial score (nSPS) is 32.7. The van der Waals surface area contributed by atoms with Gasteiger partial charge in [0.1, 0.15) is 0 Å². The minimum Gasteiger partial charge on any atom is -0.325 e. The maximum absolute atomic E-state index is 12.2. The van der Waals surface area contributed by atoms with Crippen molar-refractivity contribution in [2.45, 2.75) is 32.5 Å². The number of nitrogens with zero attached hydrogens (tertiary/aromatic N) is 1. The Morgan fingerprint density at radius 1 is 1.33 bits per heavy atom. The van der Waals surface area contributed by atoms with E-state index in [0.717, 1.165) is 13.2 Å². The monoisotopic (exact) mass is 212 g/mol. The van der Waals surface area contributed by atoms with Crippen molar-refractivity contribution < 1.29 is 4.79 Å². The molecule has 2 atom stereocenters. The summed E-state index contributed by atoms with van der Waals surface area (Å²) in [5, 5.41) is 9.80. The first-order chi connectivity index (χ1) is 7.00. The summed E-state index contributed by atoms with van der Waals surface area (Å²) in [5.41, 5.74) is -0.105. The van der Waals surface area contributed by atoms with Crippen LogP contribution in [0.5, 0.6) is 0 Å². The van der Waals surface area contributed by atoms with Gasteiger partial charge >= 0.3 is 0 Å². The highest BCUT2D eigenvalue weighted by Gasteiger charge is 2.41. The Bertz CT molecular complexity index is 261. The standard InChI is InChI=1S/C10H20N4O/c1-10(2,3)14-6-13-8-7(9(14)15)4-11-5-12-8/h7-8,11-13H,4-6H2,1-3H3. The highest BCUT2D eigenvalue weighted by molar-refractivity contribution is 5.81. The predicted molar refractivity (Wildman–Crippen MR) is 57.9 cm³/mol. The fourth-order valence-corrected chi connectivity index (χ4v) is 2.15. The molecule has 86 valence electrons. The van der Waals surface area contributed by atoms with E-state index in [-0.39, 0.29) is 23.5 Å². The molecule has 2 aliphatic rings. The average molecular weight is 212 g/mol. The van der Waals surface area contributed by atoms with Gasteiger partial charge in [0, 0.05) is 18.8 Å². The minimum absolute atomic E-state index is 0.0201. The van der Waals surface area contributed by atoms with Crippen LogP contribution in [0.15, 0.2) is 0 Å². The number of nitrogens with one attached hydrogen (secondary N) is 3. The van der Waals surface area contributed by atoms with Gasteiger partial charge in [-0.3, -0.25) is 15.4 Å². The lowest BCUT2D eigenvalue weighted by atomic mass is 9.96. The number of amides is 1. The highest BCUT2D eigenvalue weighted by Crippen LogP contribution is 2.21. The van der Waals surface area contributed by atoms with Gasteiger partial charge in [0.2, 0.25) is 5.91 Å². The first-order valence-corrected chi connectivity index (χ1v) is 5.49. The molecule has 2 fully saturated rings. The second-order valence-electron chi connectivity index (χ2n) is 5.22. The van der Waals surface area contributed by atoms with Crippen LogP contribution in [0.2, 0.25) is 0 Å². The van der Waals surface area contributed by atoms with E-state index in [0.29, 0.717) is 6.67 Å². The molecule has 0 spiro atoms. The lowest BCUT2D eigenvalue weighted by Gasteiger charge is -2.46. The molecule has 0 aromatic carbocycles. The number of fused-ring (bicyclic) bond motifs is 1. The molecule has 0 aromatic heterocycles. The molecule has 2 aliphatic heterocycles. The molecule has 1 amide bonds. The Balaban J connectivity index is 2.11. The van der Waals surface area contributed by atoms with Gasteiger partial charge in [0.25, 0.3) is 0 Å². The maximum Gasteiger partial charge on any atom is 0.231 e. The number of hydrogen-bond acceptors (Lipinski definition) is 4. The number of carbonyl (C=O) groups is 1. The number of rotatable bonds is 0. The molecule has 5 nitrogen and oxygen atoms in total. The van der Waals surface area contributed by atoms with Gasteiger partial charge in [-0.05, 0) is 20.8 Å². The molecule has 0 radical (unpaired) electrons. The van der Waals surface area contributed by atoms with Crippen LogP contribution in [0.4, 0.5) is 0 Å². The molecule has 2 unspecified atom stereocenters. The second-order valence-corrected chi connectivity index (χ2v) is 5.22. The zero-order valence-corrected chi connectivity index (χ0v) is 9.63. The Morgan fingerprint density at radius 3 is 2.73 bits per heavy atom. The molecule has 0 saturated carbocycles. The third-order valence-electron chi connectivity index (χ3n) is 3.08. The third-order valence-corrected chi connectivity index (χ3v) is 3.08. The average Bonchev–Trinajstić information content (AvgIpc) is 2.16. The molecule has 2 heterocycles. The van der Waals surface area contributed by atoms with E-state index in [4.69, 9.17) is 0 Å². The molecule has 3 N–H and O–H groups in total. The molecule has 5 heteroatoms. The van der Waals surface area contributed by atoms with Gasteiger partial charge in [-0.15, -0.1) is 0 Å². The summed E-state index contributed by atoms with van der Waals surface area (Å²) in [5.74, 6) is 0.262. The maximum atomic E-state index is 12.2. The fraction of sp³-hybridized carbons (Fsp3) is 0.900. The van der Waals surface area contributed by atoms with Crippen molar-refractivity contribution in [2.75, 3.05) is 19.9 Å². The van der Waals surface area contributed by atoms with Crippen molar-refractivity contribution in [3.8, 4) is 0 Å². The SMILES string of the molecule is CC(C)(C)N1CNC2NCNCC2C1=O. The van der Waals surface area contributed by atoms with Crippen molar-refractivity contribution in [3.63, 3.8) is 0 Å². The van der Waals surface area contributed by atoms with Gasteiger partial charge in [-0.2, -0.15) is 0 Å². The molecular weight excluding hydrogens is 192 g/mol. The summed E-state index contributed by atoms with van der Waals surface area (Å²) < 4.78 is 0. The van der Waals surface area contributed by atoms with Crippen LogP contribution in [0.25, 0.3) is 0 Å². The highest BCUT2D eigenvalue weighted by atomic mass is 16.2. The van der Waals surface area contributed by atoms with Gasteiger partial charge in [0.15, 0.2) is 0 Å². The first-order valence-electron chi connectivity index (χ1n) is 5.49. The molecule has 0 bridgehead atoms. The quantitative estimate of drug-likeness (QED) is 0.495.